The lowest BCUT2D eigenvalue weighted by atomic mass is 9.95. The number of halogens is 2. The van der Waals surface area contributed by atoms with Crippen LogP contribution in [0.2, 0.25) is 5.02 Å². The Labute approximate surface area is 132 Å². The summed E-state index contributed by atoms with van der Waals surface area (Å²) in [5.41, 5.74) is 6.23. The van der Waals surface area contributed by atoms with Crippen LogP contribution in [-0.2, 0) is 4.79 Å². The van der Waals surface area contributed by atoms with Gasteiger partial charge in [-0.15, -0.1) is 0 Å². The Balaban J connectivity index is 1.87. The van der Waals surface area contributed by atoms with Gasteiger partial charge in [0.15, 0.2) is 12.4 Å². The minimum Gasteiger partial charge on any atom is -0.480 e. The number of nitrogen functional groups attached to an aromatic ring is 1. The first-order chi connectivity index (χ1) is 9.56. The smallest absolute Gasteiger partial charge is 0.258 e. The van der Waals surface area contributed by atoms with Crippen molar-refractivity contribution in [1.29, 1.82) is 0 Å². The first-order valence-electron chi connectivity index (χ1n) is 6.73. The van der Waals surface area contributed by atoms with Crippen molar-refractivity contribution in [2.24, 2.45) is 0 Å². The van der Waals surface area contributed by atoms with E-state index in [1.165, 1.54) is 19.3 Å². The molecule has 0 heterocycles. The fourth-order valence-corrected chi connectivity index (χ4v) is 3.33. The zero-order valence-electron chi connectivity index (χ0n) is 11.1. The molecule has 0 aliphatic heterocycles. The Kier molecular flexibility index (Phi) is 5.54. The van der Waals surface area contributed by atoms with E-state index in [-0.39, 0.29) is 18.6 Å². The van der Waals surface area contributed by atoms with Gasteiger partial charge in [0, 0.05) is 11.1 Å². The second kappa shape index (κ2) is 7.18. The number of amides is 1. The van der Waals surface area contributed by atoms with Crippen LogP contribution in [0.3, 0.4) is 0 Å². The molecule has 6 heteroatoms. The SMILES string of the molecule is Nc1cc(Cl)cc(Br)c1OCC(=O)NC1CCCCC1. The lowest BCUT2D eigenvalue weighted by Gasteiger charge is -2.22. The van der Waals surface area contributed by atoms with E-state index in [2.05, 4.69) is 21.2 Å². The minimum atomic E-state index is -0.113. The fraction of sp³-hybridized carbons (Fsp3) is 0.500. The molecular weight excluding hydrogens is 344 g/mol. The highest BCUT2D eigenvalue weighted by Crippen LogP contribution is 2.34. The maximum atomic E-state index is 11.9. The van der Waals surface area contributed by atoms with Crippen LogP contribution in [0, 0.1) is 0 Å². The molecule has 20 heavy (non-hydrogen) atoms. The van der Waals surface area contributed by atoms with Crippen LogP contribution in [0.1, 0.15) is 32.1 Å². The number of hydrogen-bond acceptors (Lipinski definition) is 3. The second-order valence-electron chi connectivity index (χ2n) is 5.00. The summed E-state index contributed by atoms with van der Waals surface area (Å²) in [6, 6.07) is 3.57. The highest BCUT2D eigenvalue weighted by Gasteiger charge is 2.16. The van der Waals surface area contributed by atoms with Crippen LogP contribution in [-0.4, -0.2) is 18.6 Å². The molecule has 0 atom stereocenters. The molecule has 2 rings (SSSR count). The van der Waals surface area contributed by atoms with Crippen LogP contribution in [0.25, 0.3) is 0 Å². The predicted molar refractivity (Wildman–Crippen MR) is 84.1 cm³/mol. The highest BCUT2D eigenvalue weighted by atomic mass is 79.9. The second-order valence-corrected chi connectivity index (χ2v) is 6.29. The van der Waals surface area contributed by atoms with E-state index in [9.17, 15) is 4.79 Å². The summed E-state index contributed by atoms with van der Waals surface area (Å²) >= 11 is 9.19. The normalized spacial score (nSPS) is 15.9. The topological polar surface area (TPSA) is 64.3 Å². The van der Waals surface area contributed by atoms with Crippen LogP contribution in [0.15, 0.2) is 16.6 Å². The molecule has 1 saturated carbocycles. The van der Waals surface area contributed by atoms with E-state index < -0.39 is 0 Å². The van der Waals surface area contributed by atoms with E-state index in [0.717, 1.165) is 12.8 Å². The molecule has 0 spiro atoms. The third kappa shape index (κ3) is 4.28. The van der Waals surface area contributed by atoms with Gasteiger partial charge < -0.3 is 15.8 Å². The molecular formula is C14H18BrClN2O2. The zero-order chi connectivity index (χ0) is 14.5. The third-order valence-corrected chi connectivity index (χ3v) is 4.16. The number of carbonyl (C=O) groups excluding carboxylic acids is 1. The number of carbonyl (C=O) groups is 1. The fourth-order valence-electron chi connectivity index (χ4n) is 2.39. The summed E-state index contributed by atoms with van der Waals surface area (Å²) < 4.78 is 6.13. The minimum absolute atomic E-state index is 0.0407. The number of ether oxygens (including phenoxy) is 1. The van der Waals surface area contributed by atoms with Crippen LogP contribution in [0.5, 0.6) is 5.75 Å². The largest absolute Gasteiger partial charge is 0.480 e. The monoisotopic (exact) mass is 360 g/mol. The number of nitrogens with two attached hydrogens (primary N) is 1. The molecule has 0 bridgehead atoms. The molecule has 1 aromatic carbocycles. The van der Waals surface area contributed by atoms with Gasteiger partial charge in [-0.1, -0.05) is 30.9 Å². The molecule has 4 nitrogen and oxygen atoms in total. The first kappa shape index (κ1) is 15.4. The van der Waals surface area contributed by atoms with Crippen molar-refractivity contribution >= 4 is 39.1 Å². The van der Waals surface area contributed by atoms with Crippen LogP contribution >= 0.6 is 27.5 Å². The number of hydrogen-bond donors (Lipinski definition) is 2. The predicted octanol–water partition coefficient (Wildman–Crippen LogP) is 3.51. The Morgan fingerprint density at radius 1 is 1.40 bits per heavy atom. The van der Waals surface area contributed by atoms with Crippen molar-refractivity contribution in [2.75, 3.05) is 12.3 Å². The van der Waals surface area contributed by atoms with E-state index in [0.29, 0.717) is 20.9 Å². The summed E-state index contributed by atoms with van der Waals surface area (Å²) in [6.07, 6.45) is 5.73. The summed E-state index contributed by atoms with van der Waals surface area (Å²) in [7, 11) is 0. The molecule has 1 aromatic rings. The lowest BCUT2D eigenvalue weighted by molar-refractivity contribution is -0.124. The quantitative estimate of drug-likeness (QED) is 0.807. The van der Waals surface area contributed by atoms with Gasteiger partial charge >= 0.3 is 0 Å². The Hall–Kier alpha value is -0.940. The molecule has 1 amide bonds. The molecule has 0 radical (unpaired) electrons. The van der Waals surface area contributed by atoms with Crippen molar-refractivity contribution in [3.05, 3.63) is 21.6 Å². The number of nitrogens with one attached hydrogen (secondary N) is 1. The molecule has 110 valence electrons. The van der Waals surface area contributed by atoms with Gasteiger partial charge in [-0.25, -0.2) is 0 Å². The first-order valence-corrected chi connectivity index (χ1v) is 7.90. The van der Waals surface area contributed by atoms with Crippen molar-refractivity contribution in [3.63, 3.8) is 0 Å². The van der Waals surface area contributed by atoms with E-state index in [1.807, 2.05) is 0 Å². The van der Waals surface area contributed by atoms with Gasteiger partial charge in [0.2, 0.25) is 0 Å². The number of rotatable bonds is 4. The third-order valence-electron chi connectivity index (χ3n) is 3.35. The highest BCUT2D eigenvalue weighted by molar-refractivity contribution is 9.10. The average molecular weight is 362 g/mol. The summed E-state index contributed by atoms with van der Waals surface area (Å²) in [5, 5.41) is 3.51. The van der Waals surface area contributed by atoms with Crippen molar-refractivity contribution < 1.29 is 9.53 Å². The van der Waals surface area contributed by atoms with E-state index in [4.69, 9.17) is 22.1 Å². The summed E-state index contributed by atoms with van der Waals surface area (Å²) in [5.74, 6) is 0.339. The summed E-state index contributed by atoms with van der Waals surface area (Å²) in [4.78, 5) is 11.9. The van der Waals surface area contributed by atoms with Gasteiger partial charge in [-0.3, -0.25) is 4.79 Å². The van der Waals surface area contributed by atoms with E-state index in [1.54, 1.807) is 12.1 Å². The van der Waals surface area contributed by atoms with Crippen LogP contribution in [0.4, 0.5) is 5.69 Å². The van der Waals surface area contributed by atoms with Gasteiger partial charge in [-0.2, -0.15) is 0 Å². The van der Waals surface area contributed by atoms with Gasteiger partial charge in [-0.05, 0) is 40.9 Å². The lowest BCUT2D eigenvalue weighted by Crippen LogP contribution is -2.39. The maximum Gasteiger partial charge on any atom is 0.258 e. The number of benzene rings is 1. The van der Waals surface area contributed by atoms with E-state index >= 15 is 0 Å². The van der Waals surface area contributed by atoms with Gasteiger partial charge in [0.05, 0.1) is 10.2 Å². The van der Waals surface area contributed by atoms with Crippen molar-refractivity contribution in [1.82, 2.24) is 5.32 Å². The molecule has 3 N–H and O–H groups in total. The Bertz CT molecular complexity index is 467. The molecule has 0 saturated heterocycles. The Morgan fingerprint density at radius 2 is 2.10 bits per heavy atom. The standard InChI is InChI=1S/C14H18BrClN2O2/c15-11-6-9(16)7-12(17)14(11)20-8-13(19)18-10-4-2-1-3-5-10/h6-7,10H,1-5,8,17H2,(H,18,19). The number of anilines is 1. The molecule has 0 aromatic heterocycles. The van der Waals surface area contributed by atoms with Crippen molar-refractivity contribution in [3.8, 4) is 5.75 Å². The maximum absolute atomic E-state index is 11.9. The van der Waals surface area contributed by atoms with Crippen molar-refractivity contribution in [2.45, 2.75) is 38.1 Å². The van der Waals surface area contributed by atoms with Gasteiger partial charge in [0.1, 0.15) is 0 Å². The zero-order valence-corrected chi connectivity index (χ0v) is 13.5. The average Bonchev–Trinajstić information content (AvgIpc) is 2.38. The molecule has 1 fully saturated rings. The molecule has 1 aliphatic carbocycles. The molecule has 1 aliphatic rings. The Morgan fingerprint density at radius 3 is 2.75 bits per heavy atom. The van der Waals surface area contributed by atoms with Crippen LogP contribution < -0.4 is 15.8 Å². The summed E-state index contributed by atoms with van der Waals surface area (Å²) in [6.45, 7) is -0.0407. The van der Waals surface area contributed by atoms with Gasteiger partial charge in [0.25, 0.3) is 5.91 Å². The molecule has 0 unspecified atom stereocenters.